The minimum absolute atomic E-state index is 0.752. The first-order valence-electron chi connectivity index (χ1n) is 2.40. The third-order valence-corrected chi connectivity index (χ3v) is 0.962. The largest absolute Gasteiger partial charge is 0.109 e. The van der Waals surface area contributed by atoms with Crippen molar-refractivity contribution in [1.29, 1.82) is 0 Å². The third kappa shape index (κ3) is 3.96. The highest BCUT2D eigenvalue weighted by Gasteiger charge is 1.76. The van der Waals surface area contributed by atoms with Gasteiger partial charge in [0, 0.05) is 10.2 Å². The number of rotatable bonds is 1. The second kappa shape index (κ2) is 3.16. The van der Waals surface area contributed by atoms with Crippen LogP contribution in [0.1, 0.15) is 13.8 Å². The van der Waals surface area contributed by atoms with Gasteiger partial charge in [0.15, 0.2) is 0 Å². The first kappa shape index (κ1) is 5.96. The van der Waals surface area contributed by atoms with Crippen molar-refractivity contribution in [2.45, 2.75) is 13.8 Å². The van der Waals surface area contributed by atoms with E-state index in [2.05, 4.69) is 25.6 Å². The van der Waals surface area contributed by atoms with Gasteiger partial charge in [-0.15, -0.1) is 5.70 Å². The van der Waals surface area contributed by atoms with Gasteiger partial charge in [-0.1, -0.05) is 19.9 Å². The fourth-order valence-corrected chi connectivity index (χ4v) is 1.15. The maximum absolute atomic E-state index is 2.23. The Morgan fingerprint density at radius 1 is 1.50 bits per heavy atom. The Bertz CT molecular complexity index is 45.9. The van der Waals surface area contributed by atoms with Crippen molar-refractivity contribution >= 4 is 10.2 Å². The predicted octanol–water partition coefficient (Wildman–Crippen LogP) is 0.521. The van der Waals surface area contributed by atoms with Crippen LogP contribution in [0.5, 0.6) is 0 Å². The van der Waals surface area contributed by atoms with Crippen LogP contribution in [0.25, 0.3) is 0 Å². The minimum atomic E-state index is 0.752. The molecule has 0 nitrogen and oxygen atoms in total. The van der Waals surface area contributed by atoms with E-state index >= 15 is 0 Å². The van der Waals surface area contributed by atoms with E-state index < -0.39 is 0 Å². The molecule has 0 amide bonds. The first-order chi connectivity index (χ1) is 2.77. The molecule has 36 valence electrons. The van der Waals surface area contributed by atoms with Gasteiger partial charge in [0.25, 0.3) is 0 Å². The lowest BCUT2D eigenvalue weighted by Crippen LogP contribution is -1.74. The van der Waals surface area contributed by atoms with E-state index in [9.17, 15) is 0 Å². The van der Waals surface area contributed by atoms with Crippen molar-refractivity contribution < 1.29 is 0 Å². The molecule has 0 aliphatic carbocycles. The molecule has 0 aromatic heterocycles. The van der Waals surface area contributed by atoms with Gasteiger partial charge in [0.1, 0.15) is 0 Å². The number of allylic oxidation sites excluding steroid dienone is 1. The molecule has 0 aliphatic rings. The summed E-state index contributed by atoms with van der Waals surface area (Å²) < 4.78 is 0. The van der Waals surface area contributed by atoms with E-state index in [0.717, 1.165) is 5.92 Å². The van der Waals surface area contributed by atoms with Gasteiger partial charge in [-0.2, -0.15) is 0 Å². The van der Waals surface area contributed by atoms with Crippen molar-refractivity contribution in [2.24, 2.45) is 5.92 Å². The molecule has 0 heterocycles. The molecule has 0 radical (unpaired) electrons. The molecule has 6 heavy (non-hydrogen) atoms. The summed E-state index contributed by atoms with van der Waals surface area (Å²) >= 11 is 0. The van der Waals surface area contributed by atoms with Crippen LogP contribution in [0, 0.1) is 5.92 Å². The third-order valence-electron chi connectivity index (χ3n) is 0.577. The van der Waals surface area contributed by atoms with Crippen LogP contribution < -0.4 is 0 Å². The SMILES string of the molecule is CC(C)C=C[SiH3]. The van der Waals surface area contributed by atoms with Crippen molar-refractivity contribution in [2.75, 3.05) is 0 Å². The summed E-state index contributed by atoms with van der Waals surface area (Å²) in [4.78, 5) is 0. The molecule has 0 saturated heterocycles. The molecule has 0 saturated carbocycles. The Labute approximate surface area is 42.7 Å². The van der Waals surface area contributed by atoms with Crippen LogP contribution in [-0.2, 0) is 0 Å². The lowest BCUT2D eigenvalue weighted by atomic mass is 10.2. The monoisotopic (exact) mass is 100 g/mol. The van der Waals surface area contributed by atoms with Gasteiger partial charge in [-0.3, -0.25) is 0 Å². The Morgan fingerprint density at radius 2 is 2.00 bits per heavy atom. The molecule has 0 aliphatic heterocycles. The molecular weight excluding hydrogens is 88.1 g/mol. The maximum Gasteiger partial charge on any atom is 0.0287 e. The standard InChI is InChI=1S/C5H12Si/c1-5(2)3-4-6/h3-5H,1-2,6H3. The van der Waals surface area contributed by atoms with Gasteiger partial charge in [0.05, 0.1) is 0 Å². The molecule has 0 bridgehead atoms. The average Bonchev–Trinajstić information content (AvgIpc) is 1.35. The van der Waals surface area contributed by atoms with Crippen LogP contribution in [0.3, 0.4) is 0 Å². The van der Waals surface area contributed by atoms with Gasteiger partial charge in [-0.25, -0.2) is 0 Å². The highest BCUT2D eigenvalue weighted by atomic mass is 28.1. The summed E-state index contributed by atoms with van der Waals surface area (Å²) in [6.45, 7) is 4.38. The molecule has 0 atom stereocenters. The summed E-state index contributed by atoms with van der Waals surface area (Å²) in [5.74, 6) is 0.752. The highest BCUT2D eigenvalue weighted by molar-refractivity contribution is 6.16. The molecule has 0 N–H and O–H groups in total. The lowest BCUT2D eigenvalue weighted by molar-refractivity contribution is 0.833. The summed E-state index contributed by atoms with van der Waals surface area (Å²) in [6, 6.07) is 0. The predicted molar refractivity (Wildman–Crippen MR) is 33.9 cm³/mol. The van der Waals surface area contributed by atoms with Crippen molar-refractivity contribution in [3.05, 3.63) is 11.8 Å². The van der Waals surface area contributed by atoms with Crippen LogP contribution >= 0.6 is 0 Å². The smallest absolute Gasteiger partial charge is 0.0287 e. The van der Waals surface area contributed by atoms with Gasteiger partial charge >= 0.3 is 0 Å². The molecule has 0 unspecified atom stereocenters. The molecule has 0 spiro atoms. The number of hydrogen-bond donors (Lipinski definition) is 0. The van der Waals surface area contributed by atoms with E-state index in [0.29, 0.717) is 0 Å². The normalized spacial score (nSPS) is 11.8. The second-order valence-electron chi connectivity index (χ2n) is 1.77. The molecular formula is C5H12Si. The van der Waals surface area contributed by atoms with E-state index in [-0.39, 0.29) is 0 Å². The summed E-state index contributed by atoms with van der Waals surface area (Å²) in [7, 11) is 1.21. The average molecular weight is 100 g/mol. The van der Waals surface area contributed by atoms with Crippen molar-refractivity contribution in [3.63, 3.8) is 0 Å². The molecule has 0 rings (SSSR count). The fraction of sp³-hybridized carbons (Fsp3) is 0.600. The Hall–Kier alpha value is -0.0431. The summed E-state index contributed by atoms with van der Waals surface area (Å²) in [6.07, 6.45) is 2.23. The number of hydrogen-bond acceptors (Lipinski definition) is 0. The maximum atomic E-state index is 2.23. The van der Waals surface area contributed by atoms with Gasteiger partial charge in [0.2, 0.25) is 0 Å². The lowest BCUT2D eigenvalue weighted by Gasteiger charge is -1.87. The molecule has 0 fully saturated rings. The minimum Gasteiger partial charge on any atom is -0.109 e. The second-order valence-corrected chi connectivity index (χ2v) is 2.44. The molecule has 0 aromatic carbocycles. The van der Waals surface area contributed by atoms with Crippen LogP contribution in [0.4, 0.5) is 0 Å². The van der Waals surface area contributed by atoms with E-state index in [1.807, 2.05) is 0 Å². The van der Waals surface area contributed by atoms with Crippen LogP contribution in [-0.4, -0.2) is 10.2 Å². The zero-order valence-corrected chi connectivity index (χ0v) is 6.73. The van der Waals surface area contributed by atoms with E-state index in [4.69, 9.17) is 0 Å². The van der Waals surface area contributed by atoms with E-state index in [1.165, 1.54) is 10.2 Å². The molecule has 1 heteroatoms. The fourth-order valence-electron chi connectivity index (χ4n) is 0.385. The van der Waals surface area contributed by atoms with Gasteiger partial charge < -0.3 is 0 Å². The van der Waals surface area contributed by atoms with Crippen LogP contribution in [0.2, 0.25) is 0 Å². The highest BCUT2D eigenvalue weighted by Crippen LogP contribution is 1.89. The summed E-state index contributed by atoms with van der Waals surface area (Å²) in [5, 5.41) is 0. The molecule has 0 aromatic rings. The van der Waals surface area contributed by atoms with E-state index in [1.54, 1.807) is 0 Å². The Kier molecular flexibility index (Phi) is 3.14. The van der Waals surface area contributed by atoms with Crippen molar-refractivity contribution in [3.8, 4) is 0 Å². The summed E-state index contributed by atoms with van der Waals surface area (Å²) in [5.41, 5.74) is 2.21. The zero-order valence-electron chi connectivity index (χ0n) is 4.73. The first-order valence-corrected chi connectivity index (χ1v) is 3.55. The van der Waals surface area contributed by atoms with Gasteiger partial charge in [-0.05, 0) is 5.92 Å². The Morgan fingerprint density at radius 3 is 2.00 bits per heavy atom. The zero-order chi connectivity index (χ0) is 4.99. The van der Waals surface area contributed by atoms with Crippen molar-refractivity contribution in [1.82, 2.24) is 0 Å². The Balaban J connectivity index is 3.03. The quantitative estimate of drug-likeness (QED) is 0.421. The van der Waals surface area contributed by atoms with Crippen LogP contribution in [0.15, 0.2) is 11.8 Å². The topological polar surface area (TPSA) is 0 Å².